The lowest BCUT2D eigenvalue weighted by Gasteiger charge is -2.47. The maximum absolute atomic E-state index is 12.6. The van der Waals surface area contributed by atoms with E-state index in [1.165, 1.54) is 0 Å². The van der Waals surface area contributed by atoms with Gasteiger partial charge in [0.15, 0.2) is 6.29 Å². The van der Waals surface area contributed by atoms with Gasteiger partial charge in [0, 0.05) is 13.3 Å². The summed E-state index contributed by atoms with van der Waals surface area (Å²) in [4.78, 5) is 24.2. The molecule has 0 bridgehead atoms. The summed E-state index contributed by atoms with van der Waals surface area (Å²) < 4.78 is 20.7. The van der Waals surface area contributed by atoms with Crippen LogP contribution < -0.4 is 5.32 Å². The molecule has 2 heterocycles. The molecule has 2 fully saturated rings. The highest BCUT2D eigenvalue weighted by atomic mass is 16.7. The third-order valence-corrected chi connectivity index (χ3v) is 5.52. The molecule has 0 aromatic carbocycles. The molecule has 15 nitrogen and oxygen atoms in total. The van der Waals surface area contributed by atoms with Crippen molar-refractivity contribution in [1.29, 1.82) is 0 Å². The molecule has 0 aromatic rings. The second kappa shape index (κ2) is 11.3. The van der Waals surface area contributed by atoms with Crippen LogP contribution in [0.2, 0.25) is 0 Å². The number of nitrogens with one attached hydrogen (secondary N) is 1. The lowest BCUT2D eigenvalue weighted by Crippen LogP contribution is -2.68. The van der Waals surface area contributed by atoms with E-state index in [2.05, 4.69) is 10.1 Å². The number of rotatable bonds is 8. The predicted octanol–water partition coefficient (Wildman–Crippen LogP) is -5.96. The summed E-state index contributed by atoms with van der Waals surface area (Å²) in [5.41, 5.74) is 0. The average molecular weight is 485 g/mol. The lowest BCUT2D eigenvalue weighted by molar-refractivity contribution is -0.335. The van der Waals surface area contributed by atoms with E-state index < -0.39 is 98.5 Å². The Balaban J connectivity index is 2.32. The van der Waals surface area contributed by atoms with E-state index in [0.717, 1.165) is 14.0 Å². The zero-order valence-electron chi connectivity index (χ0n) is 17.9. The normalized spacial score (nSPS) is 41.2. The fraction of sp³-hybridized carbons (Fsp3) is 0.889. The van der Waals surface area contributed by atoms with E-state index in [4.69, 9.17) is 14.2 Å². The zero-order chi connectivity index (χ0) is 25.1. The van der Waals surface area contributed by atoms with Crippen LogP contribution in [0.3, 0.4) is 0 Å². The minimum Gasteiger partial charge on any atom is -0.465 e. The van der Waals surface area contributed by atoms with Gasteiger partial charge in [-0.2, -0.15) is 0 Å². The van der Waals surface area contributed by atoms with E-state index >= 15 is 0 Å². The Morgan fingerprint density at radius 2 is 1.76 bits per heavy atom. The topological polar surface area (TPSA) is 245 Å². The molecule has 11 atom stereocenters. The fourth-order valence-corrected chi connectivity index (χ4v) is 3.71. The van der Waals surface area contributed by atoms with Crippen LogP contribution in [-0.4, -0.2) is 140 Å². The molecule has 3 unspecified atom stereocenters. The third-order valence-electron chi connectivity index (χ3n) is 5.52. The van der Waals surface area contributed by atoms with Gasteiger partial charge in [0.1, 0.15) is 42.7 Å². The van der Waals surface area contributed by atoms with E-state index in [0.29, 0.717) is 0 Å². The zero-order valence-corrected chi connectivity index (χ0v) is 17.9. The van der Waals surface area contributed by atoms with Gasteiger partial charge in [-0.1, -0.05) is 0 Å². The Morgan fingerprint density at radius 3 is 2.30 bits per heavy atom. The van der Waals surface area contributed by atoms with Gasteiger partial charge in [-0.3, -0.25) is 4.79 Å². The standard InChI is InChI=1S/C18H31NO14/c1-6(21)19-10-7(22)3-18(17(29)30-2,33-15(10)11(24)8(23)4-20)31-5-9-12(25)13(26)14(27)16(28)32-9/h7-16,20,22-28H,3-5H2,1-2H3,(H,19,21)/t7-,8-,9?,10-,11-,12-,13+,14?,15?,16+,18-/m1/s1. The van der Waals surface area contributed by atoms with E-state index in [1.807, 2.05) is 0 Å². The van der Waals surface area contributed by atoms with Gasteiger partial charge in [-0.05, 0) is 0 Å². The van der Waals surface area contributed by atoms with Crippen LogP contribution in [0, 0.1) is 0 Å². The van der Waals surface area contributed by atoms with Gasteiger partial charge < -0.3 is 65.1 Å². The molecule has 0 aromatic heterocycles. The number of aliphatic hydroxyl groups is 8. The summed E-state index contributed by atoms with van der Waals surface area (Å²) in [5.74, 6) is -4.30. The predicted molar refractivity (Wildman–Crippen MR) is 102 cm³/mol. The van der Waals surface area contributed by atoms with Gasteiger partial charge in [-0.15, -0.1) is 0 Å². The SMILES string of the molecule is COC(=O)[C@@]1(OCC2O[C@H](O)C(O)[C@@H](O)[C@@H]2O)C[C@@H](O)[C@@H](NC(C)=O)C([C@H](O)[C@H](O)CO)O1. The quantitative estimate of drug-likeness (QED) is 0.145. The Labute approximate surface area is 188 Å². The van der Waals surface area contributed by atoms with Crippen LogP contribution in [0.25, 0.3) is 0 Å². The van der Waals surface area contributed by atoms with Crippen molar-refractivity contribution in [3.63, 3.8) is 0 Å². The summed E-state index contributed by atoms with van der Waals surface area (Å²) in [6.45, 7) is -0.541. The van der Waals surface area contributed by atoms with Crippen LogP contribution in [0.4, 0.5) is 0 Å². The summed E-state index contributed by atoms with van der Waals surface area (Å²) in [7, 11) is 0.965. The van der Waals surface area contributed by atoms with Crippen molar-refractivity contribution in [2.75, 3.05) is 20.3 Å². The molecule has 2 saturated heterocycles. The molecule has 2 rings (SSSR count). The number of amides is 1. The minimum absolute atomic E-state index is 0.634. The number of hydrogen-bond donors (Lipinski definition) is 9. The first-order valence-electron chi connectivity index (χ1n) is 10.1. The maximum Gasteiger partial charge on any atom is 0.366 e. The van der Waals surface area contributed by atoms with Crippen LogP contribution in [0.1, 0.15) is 13.3 Å². The second-order valence-electron chi connectivity index (χ2n) is 7.91. The van der Waals surface area contributed by atoms with Gasteiger partial charge in [0.2, 0.25) is 5.91 Å². The van der Waals surface area contributed by atoms with Crippen molar-refractivity contribution < 1.29 is 69.4 Å². The molecule has 15 heteroatoms. The Hall–Kier alpha value is -1.50. The first-order chi connectivity index (χ1) is 15.4. The first kappa shape index (κ1) is 27.7. The van der Waals surface area contributed by atoms with Gasteiger partial charge >= 0.3 is 5.97 Å². The number of aliphatic hydroxyl groups excluding tert-OH is 8. The van der Waals surface area contributed by atoms with Gasteiger partial charge in [-0.25, -0.2) is 4.79 Å². The molecule has 1 amide bonds. The molecule has 0 aliphatic carbocycles. The molecule has 2 aliphatic heterocycles. The summed E-state index contributed by atoms with van der Waals surface area (Å²) >= 11 is 0. The molecule has 0 saturated carbocycles. The summed E-state index contributed by atoms with van der Waals surface area (Å²) in [6, 6.07) is -1.34. The van der Waals surface area contributed by atoms with Crippen LogP contribution >= 0.6 is 0 Å². The Morgan fingerprint density at radius 1 is 1.12 bits per heavy atom. The largest absolute Gasteiger partial charge is 0.465 e. The van der Waals surface area contributed by atoms with E-state index in [1.54, 1.807) is 0 Å². The Bertz CT molecular complexity index is 681. The van der Waals surface area contributed by atoms with Crippen molar-refractivity contribution >= 4 is 11.9 Å². The molecule has 33 heavy (non-hydrogen) atoms. The highest BCUT2D eigenvalue weighted by molar-refractivity contribution is 5.78. The van der Waals surface area contributed by atoms with Gasteiger partial charge in [0.25, 0.3) is 5.79 Å². The molecule has 0 radical (unpaired) electrons. The van der Waals surface area contributed by atoms with E-state index in [-0.39, 0.29) is 0 Å². The van der Waals surface area contributed by atoms with Crippen molar-refractivity contribution in [1.82, 2.24) is 5.32 Å². The Kier molecular flexibility index (Phi) is 9.49. The number of ether oxygens (including phenoxy) is 4. The minimum atomic E-state index is -2.46. The highest BCUT2D eigenvalue weighted by Crippen LogP contribution is 2.35. The highest BCUT2D eigenvalue weighted by Gasteiger charge is 2.57. The molecular weight excluding hydrogens is 454 g/mol. The number of carbonyl (C=O) groups excluding carboxylic acids is 2. The van der Waals surface area contributed by atoms with E-state index in [9.17, 15) is 50.4 Å². The number of carbonyl (C=O) groups is 2. The molecular formula is C18H31NO14. The van der Waals surface area contributed by atoms with Crippen molar-refractivity contribution in [3.05, 3.63) is 0 Å². The fourth-order valence-electron chi connectivity index (χ4n) is 3.71. The molecule has 192 valence electrons. The average Bonchev–Trinajstić information content (AvgIpc) is 2.78. The number of esters is 1. The van der Waals surface area contributed by atoms with Crippen LogP contribution in [-0.2, 0) is 28.5 Å². The van der Waals surface area contributed by atoms with Crippen molar-refractivity contribution in [2.45, 2.75) is 80.3 Å². The van der Waals surface area contributed by atoms with Crippen LogP contribution in [0.15, 0.2) is 0 Å². The second-order valence-corrected chi connectivity index (χ2v) is 7.91. The van der Waals surface area contributed by atoms with Gasteiger partial charge in [0.05, 0.1) is 32.5 Å². The molecule has 0 spiro atoms. The van der Waals surface area contributed by atoms with Crippen LogP contribution in [0.5, 0.6) is 0 Å². The number of methoxy groups -OCH3 is 1. The molecule has 9 N–H and O–H groups in total. The number of hydrogen-bond acceptors (Lipinski definition) is 14. The van der Waals surface area contributed by atoms with Crippen molar-refractivity contribution in [3.8, 4) is 0 Å². The maximum atomic E-state index is 12.6. The lowest BCUT2D eigenvalue weighted by atomic mass is 9.88. The molecule has 2 aliphatic rings. The monoisotopic (exact) mass is 485 g/mol. The van der Waals surface area contributed by atoms with Crippen molar-refractivity contribution in [2.24, 2.45) is 0 Å². The third kappa shape index (κ3) is 5.95. The summed E-state index contributed by atoms with van der Waals surface area (Å²) in [6.07, 6.45) is -16.4. The first-order valence-corrected chi connectivity index (χ1v) is 10.1. The summed E-state index contributed by atoms with van der Waals surface area (Å²) in [5, 5.41) is 81.6. The smallest absolute Gasteiger partial charge is 0.366 e.